The number of urea groups is 1. The minimum absolute atomic E-state index is 0.0559. The number of halogens is 1. The van der Waals surface area contributed by atoms with Crippen molar-refractivity contribution >= 4 is 17.6 Å². The number of alkyl halides is 1. The molecule has 0 aliphatic carbocycles. The summed E-state index contributed by atoms with van der Waals surface area (Å²) in [5.74, 6) is 0.148. The summed E-state index contributed by atoms with van der Waals surface area (Å²) in [6.45, 7) is 0.0559. The van der Waals surface area contributed by atoms with Gasteiger partial charge in [-0.2, -0.15) is 5.01 Å². The van der Waals surface area contributed by atoms with E-state index in [1.54, 1.807) is 0 Å². The molecule has 0 saturated carbocycles. The van der Waals surface area contributed by atoms with Gasteiger partial charge in [-0.1, -0.05) is 0 Å². The molecule has 0 spiro atoms. The van der Waals surface area contributed by atoms with Gasteiger partial charge in [0, 0.05) is 5.88 Å². The number of rotatable bonds is 3. The molecule has 0 radical (unpaired) electrons. The van der Waals surface area contributed by atoms with E-state index in [0.29, 0.717) is 5.01 Å². The van der Waals surface area contributed by atoms with Gasteiger partial charge in [0.25, 0.3) is 0 Å². The average molecular weight is 154 g/mol. The van der Waals surface area contributed by atoms with Gasteiger partial charge in [0.05, 0.1) is 11.8 Å². The van der Waals surface area contributed by atoms with Crippen molar-refractivity contribution in [2.45, 2.75) is 0 Å². The fourth-order valence-electron chi connectivity index (χ4n) is 0.271. The molecule has 0 rings (SSSR count). The third-order valence-electron chi connectivity index (χ3n) is 0.649. The highest BCUT2D eigenvalue weighted by molar-refractivity contribution is 6.18. The highest BCUT2D eigenvalue weighted by Gasteiger charge is 2.06. The number of nitrogens with zero attached hydrogens (tertiary/aromatic N) is 2. The average Bonchev–Trinajstić information content (AvgIpc) is 1.82. The van der Waals surface area contributed by atoms with E-state index >= 15 is 0 Å². The van der Waals surface area contributed by atoms with Crippen LogP contribution in [-0.2, 0) is 0 Å². The molecule has 5 nitrogen and oxygen atoms in total. The van der Waals surface area contributed by atoms with E-state index in [4.69, 9.17) is 11.6 Å². The van der Waals surface area contributed by atoms with Crippen LogP contribution in [0.3, 0.4) is 0 Å². The third-order valence-corrected chi connectivity index (χ3v) is 0.818. The molecule has 0 bridgehead atoms. The predicted molar refractivity (Wildman–Crippen MR) is 32.8 cm³/mol. The first-order valence-corrected chi connectivity index (χ1v) is 2.72. The molecule has 0 fully saturated rings. The molecule has 0 atom stereocenters. The molecule has 0 saturated heterocycles. The van der Waals surface area contributed by atoms with Gasteiger partial charge >= 0.3 is 6.03 Å². The summed E-state index contributed by atoms with van der Waals surface area (Å²) < 4.78 is 0. The number of carbonyl (C=O) groups is 1. The Morgan fingerprint density at radius 1 is 1.78 bits per heavy atom. The molecule has 0 aromatic rings. The Labute approximate surface area is 56.7 Å². The van der Waals surface area contributed by atoms with Crippen LogP contribution in [0.4, 0.5) is 4.79 Å². The molecular weight excluding hydrogens is 147 g/mol. The van der Waals surface area contributed by atoms with E-state index in [1.165, 1.54) is 0 Å². The normalized spacial score (nSPS) is 8.56. The zero-order valence-electron chi connectivity index (χ0n) is 4.58. The number of carbonyl (C=O) groups excluding carboxylic acids is 1. The monoisotopic (exact) mass is 153 g/mol. The van der Waals surface area contributed by atoms with Crippen LogP contribution in [0.2, 0.25) is 0 Å². The first-order valence-electron chi connectivity index (χ1n) is 2.18. The Bertz CT molecular complexity index is 118. The van der Waals surface area contributed by atoms with Gasteiger partial charge in [-0.25, -0.2) is 4.79 Å². The second-order valence-corrected chi connectivity index (χ2v) is 1.61. The Kier molecular flexibility index (Phi) is 3.70. The van der Waals surface area contributed by atoms with Crippen molar-refractivity contribution in [3.05, 3.63) is 4.91 Å². The van der Waals surface area contributed by atoms with Gasteiger partial charge in [-0.05, 0) is 0 Å². The number of nitroso groups, excluding NO2 is 1. The summed E-state index contributed by atoms with van der Waals surface area (Å²) in [7, 11) is 0. The molecule has 2 N–H and O–H groups in total. The zero-order chi connectivity index (χ0) is 7.28. The highest BCUT2D eigenvalue weighted by atomic mass is 35.5. The van der Waals surface area contributed by atoms with E-state index in [0.717, 1.165) is 0 Å². The minimum Gasteiger partial charge on any atom is -0.350 e. The Balaban J connectivity index is 3.68. The van der Waals surface area contributed by atoms with E-state index < -0.39 is 6.03 Å². The van der Waals surface area contributed by atoms with Crippen LogP contribution >= 0.6 is 11.6 Å². The third kappa shape index (κ3) is 2.86. The lowest BCUT2D eigenvalue weighted by molar-refractivity contribution is 0.212. The molecule has 0 aliphatic rings. The quantitative estimate of drug-likeness (QED) is 0.274. The fourth-order valence-corrected chi connectivity index (χ4v) is 0.431. The SMILES string of the molecule is [15NH2]C(=O)N(CCCl)[15N]=O. The number of hydrogen-bond acceptors (Lipinski definition) is 3. The van der Waals surface area contributed by atoms with Crippen molar-refractivity contribution in [2.75, 3.05) is 12.4 Å². The molecule has 0 heterocycles. The molecule has 2 amide bonds. The number of hydrogen-bond donors (Lipinski definition) is 1. The zero-order valence-corrected chi connectivity index (χ0v) is 5.34. The van der Waals surface area contributed by atoms with Crippen LogP contribution in [0.1, 0.15) is 0 Å². The van der Waals surface area contributed by atoms with Gasteiger partial charge in [-0.15, -0.1) is 16.5 Å². The maximum atomic E-state index is 10.1. The topological polar surface area (TPSA) is 75.8 Å². The number of nitrogens with two attached hydrogens (primary N) is 1. The summed E-state index contributed by atoms with van der Waals surface area (Å²) in [5.41, 5.74) is 4.67. The van der Waals surface area contributed by atoms with E-state index in [1.807, 2.05) is 0 Å². The van der Waals surface area contributed by atoms with Crippen LogP contribution < -0.4 is 5.73 Å². The summed E-state index contributed by atoms with van der Waals surface area (Å²) in [6, 6.07) is -0.884. The van der Waals surface area contributed by atoms with Crippen molar-refractivity contribution in [3.63, 3.8) is 0 Å². The Morgan fingerprint density at radius 2 is 2.33 bits per heavy atom. The second kappa shape index (κ2) is 4.08. The number of amides is 2. The van der Waals surface area contributed by atoms with Crippen molar-refractivity contribution in [3.8, 4) is 0 Å². The van der Waals surface area contributed by atoms with Gasteiger partial charge in [0.2, 0.25) is 0 Å². The molecule has 6 heteroatoms. The largest absolute Gasteiger partial charge is 0.350 e. The minimum atomic E-state index is -0.884. The maximum Gasteiger partial charge on any atom is 0.337 e. The number of primary amides is 1. The summed E-state index contributed by atoms with van der Waals surface area (Å²) in [4.78, 5) is 19.8. The van der Waals surface area contributed by atoms with Crippen molar-refractivity contribution < 1.29 is 4.79 Å². The van der Waals surface area contributed by atoms with Gasteiger partial charge < -0.3 is 5.73 Å². The van der Waals surface area contributed by atoms with E-state index in [9.17, 15) is 9.70 Å². The van der Waals surface area contributed by atoms with Crippen LogP contribution in [0.15, 0.2) is 5.29 Å². The lowest BCUT2D eigenvalue weighted by atomic mass is 10.7. The first kappa shape index (κ1) is 8.16. The smallest absolute Gasteiger partial charge is 0.337 e. The fraction of sp³-hybridized carbons (Fsp3) is 0.667. The van der Waals surface area contributed by atoms with Crippen LogP contribution in [0.25, 0.3) is 0 Å². The van der Waals surface area contributed by atoms with Gasteiger partial charge in [0.1, 0.15) is 0 Å². The molecule has 9 heavy (non-hydrogen) atoms. The maximum absolute atomic E-state index is 10.1. The van der Waals surface area contributed by atoms with Crippen LogP contribution in [0, 0.1) is 4.91 Å². The van der Waals surface area contributed by atoms with Crippen molar-refractivity contribution in [1.29, 1.82) is 0 Å². The first-order chi connectivity index (χ1) is 4.22. The van der Waals surface area contributed by atoms with Crippen molar-refractivity contribution in [1.82, 2.24) is 5.01 Å². The molecular formula is C3H6ClN3O2. The molecule has 0 unspecified atom stereocenters. The van der Waals surface area contributed by atoms with Crippen LogP contribution in [0.5, 0.6) is 0 Å². The lowest BCUT2D eigenvalue weighted by Crippen LogP contribution is -2.32. The Morgan fingerprint density at radius 3 is 2.44 bits per heavy atom. The molecule has 0 aliphatic heterocycles. The highest BCUT2D eigenvalue weighted by Crippen LogP contribution is 1.88. The second-order valence-electron chi connectivity index (χ2n) is 1.23. The lowest BCUT2D eigenvalue weighted by Gasteiger charge is -2.05. The molecule has 0 aromatic heterocycles. The van der Waals surface area contributed by atoms with Gasteiger partial charge in [-0.3, -0.25) is 0 Å². The molecule has 52 valence electrons. The van der Waals surface area contributed by atoms with Crippen LogP contribution in [-0.4, -0.2) is 23.5 Å². The predicted octanol–water partition coefficient (Wildman–Crippen LogP) is 0.287. The van der Waals surface area contributed by atoms with Crippen molar-refractivity contribution in [2.24, 2.45) is 11.0 Å². The molecule has 0 aromatic carbocycles. The van der Waals surface area contributed by atoms with E-state index in [2.05, 4.69) is 11.0 Å². The Hall–Kier alpha value is -0.840. The standard InChI is InChI=1S/C3H6ClN3O2/c4-1-2-7(6-9)3(5)8/h1-2H2,(H2,5,8)/i5+1,6+1. The summed E-state index contributed by atoms with van der Waals surface area (Å²) in [5, 5.41) is 2.85. The van der Waals surface area contributed by atoms with E-state index in [-0.39, 0.29) is 12.4 Å². The summed E-state index contributed by atoms with van der Waals surface area (Å²) in [6.07, 6.45) is 0. The summed E-state index contributed by atoms with van der Waals surface area (Å²) >= 11 is 5.17. The van der Waals surface area contributed by atoms with Gasteiger partial charge in [0.15, 0.2) is 0 Å².